The van der Waals surface area contributed by atoms with Gasteiger partial charge in [0.25, 0.3) is 0 Å². The molecule has 1 atom stereocenters. The molecule has 0 spiro atoms. The van der Waals surface area contributed by atoms with Crippen molar-refractivity contribution in [2.75, 3.05) is 50.1 Å². The maximum absolute atomic E-state index is 12.8. The molecule has 0 aliphatic carbocycles. The van der Waals surface area contributed by atoms with Gasteiger partial charge in [0.05, 0.1) is 37.4 Å². The van der Waals surface area contributed by atoms with Crippen molar-refractivity contribution in [2.24, 2.45) is 0 Å². The number of benzene rings is 1. The summed E-state index contributed by atoms with van der Waals surface area (Å²) in [6.07, 6.45) is 1.27. The summed E-state index contributed by atoms with van der Waals surface area (Å²) < 4.78 is 28.8. The highest BCUT2D eigenvalue weighted by Crippen LogP contribution is 2.23. The molecule has 8 nitrogen and oxygen atoms in total. The molecule has 1 aliphatic heterocycles. The first-order valence-corrected chi connectivity index (χ1v) is 11.8. The van der Waals surface area contributed by atoms with Crippen LogP contribution in [0.1, 0.15) is 26.7 Å². The molecule has 1 aromatic rings. The Hall–Kier alpha value is -2.13. The lowest BCUT2D eigenvalue weighted by Crippen LogP contribution is -2.47. The Morgan fingerprint density at radius 3 is 2.52 bits per heavy atom. The number of nitrogens with zero attached hydrogens (tertiary/aromatic N) is 2. The van der Waals surface area contributed by atoms with Gasteiger partial charge in [-0.3, -0.25) is 14.5 Å². The minimum absolute atomic E-state index is 0.0225. The summed E-state index contributed by atoms with van der Waals surface area (Å²) >= 11 is 0. The highest BCUT2D eigenvalue weighted by Gasteiger charge is 2.34. The zero-order valence-corrected chi connectivity index (χ0v) is 18.2. The van der Waals surface area contributed by atoms with Crippen LogP contribution >= 0.6 is 0 Å². The number of ether oxygens (including phenoxy) is 1. The molecule has 1 aromatic carbocycles. The number of carbonyl (C=O) groups excluding carboxylic acids is 2. The average Bonchev–Trinajstić information content (AvgIpc) is 3.02. The number of hydrogen-bond donors (Lipinski definition) is 1. The van der Waals surface area contributed by atoms with Crippen LogP contribution in [-0.2, 0) is 19.4 Å². The van der Waals surface area contributed by atoms with E-state index in [4.69, 9.17) is 4.74 Å². The Balaban J connectivity index is 1.99. The van der Waals surface area contributed by atoms with Gasteiger partial charge < -0.3 is 15.0 Å². The van der Waals surface area contributed by atoms with E-state index in [0.717, 1.165) is 6.42 Å². The summed E-state index contributed by atoms with van der Waals surface area (Å²) in [5.41, 5.74) is 0.578. The van der Waals surface area contributed by atoms with E-state index in [1.54, 1.807) is 28.0 Å². The van der Waals surface area contributed by atoms with Gasteiger partial charge in [-0.15, -0.1) is 0 Å². The number of nitrogens with one attached hydrogen (secondary N) is 1. The van der Waals surface area contributed by atoms with Crippen LogP contribution in [0.2, 0.25) is 0 Å². The van der Waals surface area contributed by atoms with Crippen molar-refractivity contribution in [3.63, 3.8) is 0 Å². The van der Waals surface area contributed by atoms with Crippen molar-refractivity contribution >= 4 is 27.3 Å². The first kappa shape index (κ1) is 23.2. The lowest BCUT2D eigenvalue weighted by molar-refractivity contribution is -0.134. The highest BCUT2D eigenvalue weighted by molar-refractivity contribution is 7.91. The minimum Gasteiger partial charge on any atom is -0.495 e. The number of carbonyl (C=O) groups is 2. The second-order valence-electron chi connectivity index (χ2n) is 7.20. The molecule has 9 heteroatoms. The van der Waals surface area contributed by atoms with Crippen LogP contribution in [-0.4, -0.2) is 80.9 Å². The van der Waals surface area contributed by atoms with Gasteiger partial charge in [-0.1, -0.05) is 19.1 Å². The fourth-order valence-electron chi connectivity index (χ4n) is 3.61. The number of methoxy groups -OCH3 is 1. The summed E-state index contributed by atoms with van der Waals surface area (Å²) in [4.78, 5) is 28.8. The van der Waals surface area contributed by atoms with E-state index in [0.29, 0.717) is 30.9 Å². The number of amides is 2. The standard InChI is InChI=1S/C20H31N3O5S/c1-4-11-22(13-19(24)21-17-8-6-7-9-18(17)28-3)14-20(25)23(5-2)16-10-12-29(26,27)15-16/h6-9,16H,4-5,10-15H2,1-3H3,(H,21,24). The van der Waals surface area contributed by atoms with E-state index in [1.807, 2.05) is 19.9 Å². The van der Waals surface area contributed by atoms with Crippen molar-refractivity contribution < 1.29 is 22.7 Å². The van der Waals surface area contributed by atoms with E-state index < -0.39 is 9.84 Å². The van der Waals surface area contributed by atoms with Crippen LogP contribution in [0.15, 0.2) is 24.3 Å². The fourth-order valence-corrected chi connectivity index (χ4v) is 5.34. The van der Waals surface area contributed by atoms with Crippen LogP contribution in [0.25, 0.3) is 0 Å². The Bertz CT molecular complexity index is 812. The maximum Gasteiger partial charge on any atom is 0.238 e. The Kier molecular flexibility index (Phi) is 8.45. The normalized spacial score (nSPS) is 17.9. The van der Waals surface area contributed by atoms with Crippen molar-refractivity contribution in [1.29, 1.82) is 0 Å². The fraction of sp³-hybridized carbons (Fsp3) is 0.600. The number of likely N-dealkylation sites (N-methyl/N-ethyl adjacent to an activating group) is 1. The van der Waals surface area contributed by atoms with Gasteiger partial charge >= 0.3 is 0 Å². The third-order valence-corrected chi connectivity index (χ3v) is 6.71. The van der Waals surface area contributed by atoms with Crippen molar-refractivity contribution in [3.05, 3.63) is 24.3 Å². The van der Waals surface area contributed by atoms with Gasteiger partial charge in [0, 0.05) is 12.6 Å². The summed E-state index contributed by atoms with van der Waals surface area (Å²) in [6.45, 7) is 5.02. The topological polar surface area (TPSA) is 96.0 Å². The van der Waals surface area contributed by atoms with Gasteiger partial charge in [-0.05, 0) is 38.4 Å². The van der Waals surface area contributed by atoms with Crippen LogP contribution in [0.4, 0.5) is 5.69 Å². The van der Waals surface area contributed by atoms with E-state index in [-0.39, 0.29) is 42.5 Å². The minimum atomic E-state index is -3.07. The molecule has 0 bridgehead atoms. The van der Waals surface area contributed by atoms with Crippen molar-refractivity contribution in [3.8, 4) is 5.75 Å². The largest absolute Gasteiger partial charge is 0.495 e. The molecule has 1 fully saturated rings. The Labute approximate surface area is 173 Å². The SMILES string of the molecule is CCCN(CC(=O)Nc1ccccc1OC)CC(=O)N(CC)C1CCS(=O)(=O)C1. The monoisotopic (exact) mass is 425 g/mol. The first-order valence-electron chi connectivity index (χ1n) is 9.94. The van der Waals surface area contributed by atoms with Crippen LogP contribution < -0.4 is 10.1 Å². The molecular formula is C20H31N3O5S. The molecule has 2 amide bonds. The predicted molar refractivity (Wildman–Crippen MR) is 113 cm³/mol. The molecule has 0 saturated carbocycles. The van der Waals surface area contributed by atoms with Gasteiger partial charge in [0.2, 0.25) is 11.8 Å². The molecular weight excluding hydrogens is 394 g/mol. The van der Waals surface area contributed by atoms with Crippen LogP contribution in [0.3, 0.4) is 0 Å². The Morgan fingerprint density at radius 1 is 1.21 bits per heavy atom. The zero-order valence-electron chi connectivity index (χ0n) is 17.4. The number of sulfone groups is 1. The summed E-state index contributed by atoms with van der Waals surface area (Å²) in [5, 5.41) is 2.82. The number of para-hydroxylation sites is 2. The molecule has 1 saturated heterocycles. The number of rotatable bonds is 10. The van der Waals surface area contributed by atoms with Crippen molar-refractivity contribution in [1.82, 2.24) is 9.80 Å². The molecule has 1 heterocycles. The molecule has 1 unspecified atom stereocenters. The molecule has 29 heavy (non-hydrogen) atoms. The molecule has 0 radical (unpaired) electrons. The van der Waals surface area contributed by atoms with Gasteiger partial charge in [0.1, 0.15) is 5.75 Å². The quantitative estimate of drug-likeness (QED) is 0.608. The van der Waals surface area contributed by atoms with Gasteiger partial charge in [-0.2, -0.15) is 0 Å². The van der Waals surface area contributed by atoms with E-state index in [9.17, 15) is 18.0 Å². The zero-order chi connectivity index (χ0) is 21.4. The number of anilines is 1. The van der Waals surface area contributed by atoms with Gasteiger partial charge in [-0.25, -0.2) is 8.42 Å². The Morgan fingerprint density at radius 2 is 1.93 bits per heavy atom. The van der Waals surface area contributed by atoms with E-state index in [1.165, 1.54) is 7.11 Å². The first-order chi connectivity index (χ1) is 13.8. The number of hydrogen-bond acceptors (Lipinski definition) is 6. The molecule has 162 valence electrons. The van der Waals surface area contributed by atoms with Gasteiger partial charge in [0.15, 0.2) is 9.84 Å². The third kappa shape index (κ3) is 6.71. The van der Waals surface area contributed by atoms with E-state index in [2.05, 4.69) is 5.32 Å². The van der Waals surface area contributed by atoms with Crippen LogP contribution in [0, 0.1) is 0 Å². The highest BCUT2D eigenvalue weighted by atomic mass is 32.2. The smallest absolute Gasteiger partial charge is 0.238 e. The summed E-state index contributed by atoms with van der Waals surface area (Å²) in [7, 11) is -1.53. The van der Waals surface area contributed by atoms with E-state index >= 15 is 0 Å². The van der Waals surface area contributed by atoms with Crippen molar-refractivity contribution in [2.45, 2.75) is 32.7 Å². The molecule has 0 aromatic heterocycles. The molecule has 1 aliphatic rings. The molecule has 2 rings (SSSR count). The second-order valence-corrected chi connectivity index (χ2v) is 9.42. The lowest BCUT2D eigenvalue weighted by Gasteiger charge is -2.30. The maximum atomic E-state index is 12.8. The second kappa shape index (κ2) is 10.6. The third-order valence-electron chi connectivity index (χ3n) is 4.96. The summed E-state index contributed by atoms with van der Waals surface area (Å²) in [6, 6.07) is 6.87. The average molecular weight is 426 g/mol. The molecule has 1 N–H and O–H groups in total. The lowest BCUT2D eigenvalue weighted by atomic mass is 10.2. The van der Waals surface area contributed by atoms with Crippen LogP contribution in [0.5, 0.6) is 5.75 Å². The summed E-state index contributed by atoms with van der Waals surface area (Å²) in [5.74, 6) is 0.338. The predicted octanol–water partition coefficient (Wildman–Crippen LogP) is 1.38.